The number of ether oxygens (including phenoxy) is 3. The third-order valence-corrected chi connectivity index (χ3v) is 3.72. The SMILES string of the molecule is COc1ccc(C)cc1CNCCCOCC1CCCO1. The average molecular weight is 293 g/mol. The highest BCUT2D eigenvalue weighted by Gasteiger charge is 2.14. The first-order valence-electron chi connectivity index (χ1n) is 7.83. The second-order valence-corrected chi connectivity index (χ2v) is 5.56. The lowest BCUT2D eigenvalue weighted by molar-refractivity contribution is 0.0166. The zero-order valence-electron chi connectivity index (χ0n) is 13.2. The molecule has 2 rings (SSSR count). The molecule has 4 heteroatoms. The predicted octanol–water partition coefficient (Wildman–Crippen LogP) is 2.68. The highest BCUT2D eigenvalue weighted by molar-refractivity contribution is 5.36. The summed E-state index contributed by atoms with van der Waals surface area (Å²) in [5.41, 5.74) is 2.46. The Balaban J connectivity index is 1.56. The summed E-state index contributed by atoms with van der Waals surface area (Å²) in [5, 5.41) is 3.44. The van der Waals surface area contributed by atoms with Crippen LogP contribution in [-0.2, 0) is 16.0 Å². The molecule has 0 bridgehead atoms. The topological polar surface area (TPSA) is 39.7 Å². The van der Waals surface area contributed by atoms with Crippen molar-refractivity contribution in [2.24, 2.45) is 0 Å². The Morgan fingerprint density at radius 2 is 2.29 bits per heavy atom. The van der Waals surface area contributed by atoms with E-state index in [0.717, 1.165) is 51.5 Å². The van der Waals surface area contributed by atoms with E-state index in [0.29, 0.717) is 6.10 Å². The first-order chi connectivity index (χ1) is 10.3. The van der Waals surface area contributed by atoms with Crippen molar-refractivity contribution in [3.05, 3.63) is 29.3 Å². The molecule has 4 nitrogen and oxygen atoms in total. The number of hydrogen-bond donors (Lipinski definition) is 1. The molecule has 1 fully saturated rings. The van der Waals surface area contributed by atoms with Gasteiger partial charge in [-0.15, -0.1) is 0 Å². The standard InChI is InChI=1S/C17H27NO3/c1-14-6-7-17(19-2)15(11-14)12-18-8-4-9-20-13-16-5-3-10-21-16/h6-7,11,16,18H,3-5,8-10,12-13H2,1-2H3. The molecule has 1 atom stereocenters. The van der Waals surface area contributed by atoms with E-state index in [4.69, 9.17) is 14.2 Å². The van der Waals surface area contributed by atoms with Crippen molar-refractivity contribution < 1.29 is 14.2 Å². The Bertz CT molecular complexity index is 416. The molecule has 1 aliphatic heterocycles. The smallest absolute Gasteiger partial charge is 0.123 e. The van der Waals surface area contributed by atoms with Crippen molar-refractivity contribution in [2.75, 3.05) is 33.5 Å². The summed E-state index contributed by atoms with van der Waals surface area (Å²) in [4.78, 5) is 0. The van der Waals surface area contributed by atoms with Crippen LogP contribution in [0.2, 0.25) is 0 Å². The molecule has 1 unspecified atom stereocenters. The lowest BCUT2D eigenvalue weighted by atomic mass is 10.1. The van der Waals surface area contributed by atoms with Gasteiger partial charge >= 0.3 is 0 Å². The monoisotopic (exact) mass is 293 g/mol. The van der Waals surface area contributed by atoms with Gasteiger partial charge < -0.3 is 19.5 Å². The predicted molar refractivity (Wildman–Crippen MR) is 83.8 cm³/mol. The third-order valence-electron chi connectivity index (χ3n) is 3.72. The van der Waals surface area contributed by atoms with Gasteiger partial charge in [0.05, 0.1) is 19.8 Å². The van der Waals surface area contributed by atoms with Crippen LogP contribution in [0.1, 0.15) is 30.4 Å². The summed E-state index contributed by atoms with van der Waals surface area (Å²) >= 11 is 0. The fourth-order valence-corrected chi connectivity index (χ4v) is 2.56. The molecule has 1 aliphatic rings. The first kappa shape index (κ1) is 16.3. The van der Waals surface area contributed by atoms with Crippen molar-refractivity contribution in [1.29, 1.82) is 0 Å². The van der Waals surface area contributed by atoms with Gasteiger partial charge in [0.15, 0.2) is 0 Å². The van der Waals surface area contributed by atoms with Gasteiger partial charge in [0, 0.05) is 25.3 Å². The Hall–Kier alpha value is -1.10. The Morgan fingerprint density at radius 3 is 3.05 bits per heavy atom. The molecule has 118 valence electrons. The molecule has 1 aromatic carbocycles. The minimum Gasteiger partial charge on any atom is -0.496 e. The minimum absolute atomic E-state index is 0.328. The minimum atomic E-state index is 0.328. The van der Waals surface area contributed by atoms with Crippen molar-refractivity contribution in [2.45, 2.75) is 38.8 Å². The number of benzene rings is 1. The van der Waals surface area contributed by atoms with Gasteiger partial charge in [-0.25, -0.2) is 0 Å². The van der Waals surface area contributed by atoms with E-state index in [1.807, 2.05) is 6.07 Å². The van der Waals surface area contributed by atoms with E-state index in [2.05, 4.69) is 24.4 Å². The maximum Gasteiger partial charge on any atom is 0.123 e. The quantitative estimate of drug-likeness (QED) is 0.711. The second-order valence-electron chi connectivity index (χ2n) is 5.56. The van der Waals surface area contributed by atoms with E-state index < -0.39 is 0 Å². The Morgan fingerprint density at radius 1 is 1.38 bits per heavy atom. The lowest BCUT2D eigenvalue weighted by Gasteiger charge is -2.12. The summed E-state index contributed by atoms with van der Waals surface area (Å²) in [7, 11) is 1.72. The van der Waals surface area contributed by atoms with E-state index in [9.17, 15) is 0 Å². The third kappa shape index (κ3) is 5.65. The van der Waals surface area contributed by atoms with E-state index >= 15 is 0 Å². The summed E-state index contributed by atoms with van der Waals surface area (Å²) in [5.74, 6) is 0.947. The van der Waals surface area contributed by atoms with Gasteiger partial charge in [0.25, 0.3) is 0 Å². The van der Waals surface area contributed by atoms with Gasteiger partial charge in [-0.1, -0.05) is 17.7 Å². The molecule has 0 aliphatic carbocycles. The largest absolute Gasteiger partial charge is 0.496 e. The van der Waals surface area contributed by atoms with Crippen LogP contribution in [0.15, 0.2) is 18.2 Å². The van der Waals surface area contributed by atoms with Gasteiger partial charge in [0.1, 0.15) is 5.75 Å². The van der Waals surface area contributed by atoms with Crippen LogP contribution < -0.4 is 10.1 Å². The molecule has 0 spiro atoms. The highest BCUT2D eigenvalue weighted by Crippen LogP contribution is 2.19. The van der Waals surface area contributed by atoms with Crippen LogP contribution in [0, 0.1) is 6.92 Å². The van der Waals surface area contributed by atoms with Crippen LogP contribution in [0.5, 0.6) is 5.75 Å². The van der Waals surface area contributed by atoms with E-state index in [-0.39, 0.29) is 0 Å². The Kier molecular flexibility index (Phi) is 7.00. The molecular formula is C17H27NO3. The summed E-state index contributed by atoms with van der Waals surface area (Å²) < 4.78 is 16.5. The van der Waals surface area contributed by atoms with Gasteiger partial charge in [-0.05, 0) is 38.8 Å². The fraction of sp³-hybridized carbons (Fsp3) is 0.647. The zero-order valence-corrected chi connectivity index (χ0v) is 13.2. The van der Waals surface area contributed by atoms with Gasteiger partial charge in [-0.2, -0.15) is 0 Å². The molecule has 1 aromatic rings. The summed E-state index contributed by atoms with van der Waals surface area (Å²) in [6.45, 7) is 6.30. The molecule has 1 saturated heterocycles. The van der Waals surface area contributed by atoms with Gasteiger partial charge in [-0.3, -0.25) is 0 Å². The van der Waals surface area contributed by atoms with Crippen LogP contribution in [0.25, 0.3) is 0 Å². The maximum atomic E-state index is 5.64. The van der Waals surface area contributed by atoms with Crippen molar-refractivity contribution in [3.8, 4) is 5.75 Å². The fourth-order valence-electron chi connectivity index (χ4n) is 2.56. The van der Waals surface area contributed by atoms with E-state index in [1.165, 1.54) is 17.5 Å². The summed E-state index contributed by atoms with van der Waals surface area (Å²) in [6.07, 6.45) is 3.66. The lowest BCUT2D eigenvalue weighted by Crippen LogP contribution is -2.19. The number of methoxy groups -OCH3 is 1. The van der Waals surface area contributed by atoms with Crippen LogP contribution in [0.4, 0.5) is 0 Å². The molecular weight excluding hydrogens is 266 g/mol. The molecule has 0 amide bonds. The molecule has 21 heavy (non-hydrogen) atoms. The molecule has 0 radical (unpaired) electrons. The van der Waals surface area contributed by atoms with Crippen molar-refractivity contribution in [3.63, 3.8) is 0 Å². The summed E-state index contributed by atoms with van der Waals surface area (Å²) in [6, 6.07) is 6.26. The first-order valence-corrected chi connectivity index (χ1v) is 7.83. The Labute approximate surface area is 127 Å². The molecule has 0 aromatic heterocycles. The van der Waals surface area contributed by atoms with Gasteiger partial charge in [0.2, 0.25) is 0 Å². The molecule has 1 N–H and O–H groups in total. The number of nitrogens with one attached hydrogen (secondary N) is 1. The number of aryl methyl sites for hydroxylation is 1. The maximum absolute atomic E-state index is 5.64. The second kappa shape index (κ2) is 9.03. The highest BCUT2D eigenvalue weighted by atomic mass is 16.5. The van der Waals surface area contributed by atoms with Crippen LogP contribution in [-0.4, -0.2) is 39.6 Å². The van der Waals surface area contributed by atoms with E-state index in [1.54, 1.807) is 7.11 Å². The number of hydrogen-bond acceptors (Lipinski definition) is 4. The van der Waals surface area contributed by atoms with Crippen molar-refractivity contribution in [1.82, 2.24) is 5.32 Å². The average Bonchev–Trinajstić information content (AvgIpc) is 3.00. The number of rotatable bonds is 9. The molecule has 1 heterocycles. The molecule has 0 saturated carbocycles. The van der Waals surface area contributed by atoms with Crippen molar-refractivity contribution >= 4 is 0 Å². The van der Waals surface area contributed by atoms with Crippen LogP contribution >= 0.6 is 0 Å². The normalized spacial score (nSPS) is 18.1. The van der Waals surface area contributed by atoms with Crippen LogP contribution in [0.3, 0.4) is 0 Å². The zero-order chi connectivity index (χ0) is 14.9.